The van der Waals surface area contributed by atoms with Crippen molar-refractivity contribution in [2.45, 2.75) is 40.2 Å². The van der Waals surface area contributed by atoms with Gasteiger partial charge in [0.15, 0.2) is 0 Å². The van der Waals surface area contributed by atoms with Gasteiger partial charge in [-0.25, -0.2) is 0 Å². The van der Waals surface area contributed by atoms with E-state index in [2.05, 4.69) is 31.2 Å². The van der Waals surface area contributed by atoms with Crippen molar-refractivity contribution in [1.29, 1.82) is 0 Å². The maximum absolute atomic E-state index is 5.98. The summed E-state index contributed by atoms with van der Waals surface area (Å²) >= 11 is 5.98. The molecule has 0 aliphatic rings. The predicted molar refractivity (Wildman–Crippen MR) is 69.0 cm³/mol. The smallest absolute Gasteiger partial charge is 0.0815 e. The highest BCUT2D eigenvalue weighted by Crippen LogP contribution is 2.17. The van der Waals surface area contributed by atoms with Crippen LogP contribution in [0.25, 0.3) is 0 Å². The van der Waals surface area contributed by atoms with Crippen molar-refractivity contribution in [3.8, 4) is 0 Å². The van der Waals surface area contributed by atoms with E-state index in [4.69, 9.17) is 11.6 Å². The first-order valence-corrected chi connectivity index (χ1v) is 6.30. The maximum Gasteiger partial charge on any atom is 0.0815 e. The third-order valence-corrected chi connectivity index (χ3v) is 2.97. The zero-order chi connectivity index (χ0) is 12.1. The fourth-order valence-corrected chi connectivity index (χ4v) is 1.66. The first-order chi connectivity index (χ1) is 7.50. The molecule has 3 nitrogen and oxygen atoms in total. The van der Waals surface area contributed by atoms with Gasteiger partial charge in [0.2, 0.25) is 0 Å². The van der Waals surface area contributed by atoms with Crippen LogP contribution in [0.15, 0.2) is 6.20 Å². The number of nitrogens with one attached hydrogen (secondary N) is 1. The Kier molecular flexibility index (Phi) is 5.29. The first-order valence-electron chi connectivity index (χ1n) is 5.92. The van der Waals surface area contributed by atoms with Crippen molar-refractivity contribution < 1.29 is 0 Å². The molecular weight excluding hydrogens is 222 g/mol. The molecule has 4 heteroatoms. The van der Waals surface area contributed by atoms with E-state index in [0.717, 1.165) is 30.2 Å². The first kappa shape index (κ1) is 13.5. The van der Waals surface area contributed by atoms with Crippen molar-refractivity contribution in [2.24, 2.45) is 5.92 Å². The molecule has 1 unspecified atom stereocenters. The molecule has 0 amide bonds. The van der Waals surface area contributed by atoms with Gasteiger partial charge in [0.25, 0.3) is 0 Å². The van der Waals surface area contributed by atoms with E-state index in [0.29, 0.717) is 12.0 Å². The molecule has 1 aromatic rings. The molecule has 92 valence electrons. The summed E-state index contributed by atoms with van der Waals surface area (Å²) in [5, 5.41) is 8.57. The lowest BCUT2D eigenvalue weighted by Gasteiger charge is -2.13. The molecule has 1 N–H and O–H groups in total. The number of rotatable bonds is 6. The summed E-state index contributed by atoms with van der Waals surface area (Å²) in [4.78, 5) is 0. The molecule has 0 saturated heterocycles. The number of hydrogen-bond donors (Lipinski definition) is 1. The van der Waals surface area contributed by atoms with E-state index < -0.39 is 0 Å². The number of nitrogens with zero attached hydrogens (tertiary/aromatic N) is 2. The third kappa shape index (κ3) is 4.14. The Bertz CT molecular complexity index is 301. The quantitative estimate of drug-likeness (QED) is 0.779. The zero-order valence-corrected chi connectivity index (χ0v) is 11.4. The second-order valence-corrected chi connectivity index (χ2v) is 5.19. The fourth-order valence-electron chi connectivity index (χ4n) is 1.52. The van der Waals surface area contributed by atoms with Crippen molar-refractivity contribution in [2.75, 3.05) is 13.1 Å². The SMILES string of the molecule is Cc1nn(C(C)CCNCC(C)C)cc1Cl. The van der Waals surface area contributed by atoms with E-state index in [1.54, 1.807) is 0 Å². The Morgan fingerprint density at radius 2 is 2.12 bits per heavy atom. The molecule has 0 aromatic carbocycles. The van der Waals surface area contributed by atoms with Crippen LogP contribution in [0.3, 0.4) is 0 Å². The van der Waals surface area contributed by atoms with Crippen molar-refractivity contribution in [1.82, 2.24) is 15.1 Å². The minimum Gasteiger partial charge on any atom is -0.316 e. The molecule has 1 rings (SSSR count). The number of halogens is 1. The van der Waals surface area contributed by atoms with Crippen LogP contribution in [0.5, 0.6) is 0 Å². The van der Waals surface area contributed by atoms with Crippen LogP contribution < -0.4 is 5.32 Å². The molecule has 0 spiro atoms. The van der Waals surface area contributed by atoms with Gasteiger partial charge in [-0.1, -0.05) is 25.4 Å². The Hall–Kier alpha value is -0.540. The molecule has 0 fully saturated rings. The Morgan fingerprint density at radius 3 is 2.62 bits per heavy atom. The maximum atomic E-state index is 5.98. The molecule has 0 aliphatic carbocycles. The van der Waals surface area contributed by atoms with Crippen LogP contribution in [-0.4, -0.2) is 22.9 Å². The van der Waals surface area contributed by atoms with Crippen LogP contribution in [-0.2, 0) is 0 Å². The van der Waals surface area contributed by atoms with Crippen molar-refractivity contribution >= 4 is 11.6 Å². The molecular formula is C12H22ClN3. The van der Waals surface area contributed by atoms with E-state index in [9.17, 15) is 0 Å². The summed E-state index contributed by atoms with van der Waals surface area (Å²) in [5.41, 5.74) is 0.906. The number of aromatic nitrogens is 2. The lowest BCUT2D eigenvalue weighted by Crippen LogP contribution is -2.23. The fraction of sp³-hybridized carbons (Fsp3) is 0.750. The van der Waals surface area contributed by atoms with Gasteiger partial charge in [0.05, 0.1) is 16.8 Å². The molecule has 0 aliphatic heterocycles. The largest absolute Gasteiger partial charge is 0.316 e. The van der Waals surface area contributed by atoms with Crippen LogP contribution >= 0.6 is 11.6 Å². The lowest BCUT2D eigenvalue weighted by atomic mass is 10.2. The number of hydrogen-bond acceptors (Lipinski definition) is 2. The average molecular weight is 244 g/mol. The Labute approximate surface area is 103 Å². The lowest BCUT2D eigenvalue weighted by molar-refractivity contribution is 0.432. The van der Waals surface area contributed by atoms with Gasteiger partial charge in [-0.2, -0.15) is 5.10 Å². The second-order valence-electron chi connectivity index (χ2n) is 4.78. The Balaban J connectivity index is 2.32. The van der Waals surface area contributed by atoms with E-state index in [1.165, 1.54) is 0 Å². The number of aryl methyl sites for hydroxylation is 1. The summed E-state index contributed by atoms with van der Waals surface area (Å²) in [6, 6.07) is 0.394. The van der Waals surface area contributed by atoms with Gasteiger partial charge < -0.3 is 5.32 Å². The van der Waals surface area contributed by atoms with Gasteiger partial charge in [-0.3, -0.25) is 4.68 Å². The normalized spacial score (nSPS) is 13.4. The third-order valence-electron chi connectivity index (χ3n) is 2.60. The highest BCUT2D eigenvalue weighted by atomic mass is 35.5. The average Bonchev–Trinajstić information content (AvgIpc) is 2.54. The molecule has 1 atom stereocenters. The summed E-state index contributed by atoms with van der Waals surface area (Å²) in [6.07, 6.45) is 2.98. The van der Waals surface area contributed by atoms with Gasteiger partial charge in [0.1, 0.15) is 0 Å². The van der Waals surface area contributed by atoms with Gasteiger partial charge in [-0.05, 0) is 39.3 Å². The summed E-state index contributed by atoms with van der Waals surface area (Å²) in [7, 11) is 0. The summed E-state index contributed by atoms with van der Waals surface area (Å²) < 4.78 is 1.95. The molecule has 0 bridgehead atoms. The van der Waals surface area contributed by atoms with Gasteiger partial charge >= 0.3 is 0 Å². The standard InChI is InChI=1S/C12H22ClN3/c1-9(2)7-14-6-5-10(3)16-8-12(13)11(4)15-16/h8-10,14H,5-7H2,1-4H3. The topological polar surface area (TPSA) is 29.9 Å². The van der Waals surface area contributed by atoms with Crippen LogP contribution in [0, 0.1) is 12.8 Å². The van der Waals surface area contributed by atoms with E-state index >= 15 is 0 Å². The highest BCUT2D eigenvalue weighted by Gasteiger charge is 2.08. The molecule has 1 heterocycles. The molecule has 1 aromatic heterocycles. The summed E-state index contributed by atoms with van der Waals surface area (Å²) in [6.45, 7) is 10.6. The van der Waals surface area contributed by atoms with Gasteiger partial charge in [-0.15, -0.1) is 0 Å². The molecule has 16 heavy (non-hydrogen) atoms. The second kappa shape index (κ2) is 6.26. The molecule has 0 radical (unpaired) electrons. The zero-order valence-electron chi connectivity index (χ0n) is 10.6. The predicted octanol–water partition coefficient (Wildman–Crippen LogP) is 3.04. The minimum atomic E-state index is 0.394. The highest BCUT2D eigenvalue weighted by molar-refractivity contribution is 6.31. The summed E-state index contributed by atoms with van der Waals surface area (Å²) in [5.74, 6) is 0.705. The van der Waals surface area contributed by atoms with Gasteiger partial charge in [0, 0.05) is 6.20 Å². The van der Waals surface area contributed by atoms with Crippen LogP contribution in [0.2, 0.25) is 5.02 Å². The van der Waals surface area contributed by atoms with E-state index in [1.807, 2.05) is 17.8 Å². The Morgan fingerprint density at radius 1 is 1.44 bits per heavy atom. The van der Waals surface area contributed by atoms with Crippen molar-refractivity contribution in [3.05, 3.63) is 16.9 Å². The minimum absolute atomic E-state index is 0.394. The van der Waals surface area contributed by atoms with Crippen molar-refractivity contribution in [3.63, 3.8) is 0 Å². The monoisotopic (exact) mass is 243 g/mol. The van der Waals surface area contributed by atoms with Crippen LogP contribution in [0.1, 0.15) is 38.9 Å². The molecule has 0 saturated carbocycles. The van der Waals surface area contributed by atoms with E-state index in [-0.39, 0.29) is 0 Å². The van der Waals surface area contributed by atoms with Crippen LogP contribution in [0.4, 0.5) is 0 Å².